The molecule has 0 bridgehead atoms. The van der Waals surface area contributed by atoms with Crippen molar-refractivity contribution in [3.05, 3.63) is 24.3 Å². The lowest BCUT2D eigenvalue weighted by Gasteiger charge is -2.13. The standard InChI is InChI=1S/C20H32O4/c1-2-3-10-17(21)11-8-9-16-14-15-19(22)18(16)12-6-4-5-7-13-20(23)24/h4,6,8-9,16-18,21H,2-3,5,7,10-15H2,1H3,(H,23,24)/b6-4-,9-8+/t16-,17?,18+/m0/s1. The molecular formula is C20H32O4. The van der Waals surface area contributed by atoms with Gasteiger partial charge in [0.25, 0.3) is 0 Å². The second-order valence-electron chi connectivity index (χ2n) is 6.73. The van der Waals surface area contributed by atoms with Gasteiger partial charge in [0.1, 0.15) is 5.78 Å². The largest absolute Gasteiger partial charge is 0.481 e. The van der Waals surface area contributed by atoms with Crippen molar-refractivity contribution in [3.8, 4) is 0 Å². The Labute approximate surface area is 145 Å². The number of rotatable bonds is 12. The lowest BCUT2D eigenvalue weighted by molar-refractivity contribution is -0.137. The van der Waals surface area contributed by atoms with E-state index < -0.39 is 5.97 Å². The van der Waals surface area contributed by atoms with Crippen molar-refractivity contribution < 1.29 is 19.8 Å². The van der Waals surface area contributed by atoms with Gasteiger partial charge in [0, 0.05) is 18.8 Å². The average molecular weight is 336 g/mol. The third-order valence-electron chi connectivity index (χ3n) is 4.65. The number of hydrogen-bond acceptors (Lipinski definition) is 3. The van der Waals surface area contributed by atoms with Gasteiger partial charge in [-0.3, -0.25) is 9.59 Å². The van der Waals surface area contributed by atoms with E-state index in [2.05, 4.69) is 13.0 Å². The third kappa shape index (κ3) is 8.44. The molecule has 0 spiro atoms. The Balaban J connectivity index is 2.34. The maximum atomic E-state index is 12.0. The van der Waals surface area contributed by atoms with E-state index in [4.69, 9.17) is 5.11 Å². The first kappa shape index (κ1) is 20.6. The van der Waals surface area contributed by atoms with Crippen molar-refractivity contribution in [2.45, 2.75) is 77.2 Å². The number of aliphatic hydroxyl groups excluding tert-OH is 1. The molecule has 4 nitrogen and oxygen atoms in total. The summed E-state index contributed by atoms with van der Waals surface area (Å²) in [5, 5.41) is 18.5. The minimum Gasteiger partial charge on any atom is -0.481 e. The van der Waals surface area contributed by atoms with Crippen LogP contribution in [0, 0.1) is 11.8 Å². The molecule has 1 unspecified atom stereocenters. The molecule has 3 atom stereocenters. The van der Waals surface area contributed by atoms with Crippen molar-refractivity contribution >= 4 is 11.8 Å². The number of carbonyl (C=O) groups is 2. The average Bonchev–Trinajstić information content (AvgIpc) is 2.89. The number of allylic oxidation sites excluding steroid dienone is 3. The fourth-order valence-electron chi connectivity index (χ4n) is 3.17. The smallest absolute Gasteiger partial charge is 0.303 e. The van der Waals surface area contributed by atoms with Gasteiger partial charge in [-0.15, -0.1) is 0 Å². The summed E-state index contributed by atoms with van der Waals surface area (Å²) in [7, 11) is 0. The molecule has 0 saturated heterocycles. The molecule has 24 heavy (non-hydrogen) atoms. The molecule has 1 aliphatic carbocycles. The van der Waals surface area contributed by atoms with Crippen LogP contribution >= 0.6 is 0 Å². The topological polar surface area (TPSA) is 74.6 Å². The minimum atomic E-state index is -0.763. The molecule has 1 rings (SSSR count). The molecule has 0 aromatic heterocycles. The molecule has 1 aliphatic rings. The summed E-state index contributed by atoms with van der Waals surface area (Å²) in [6, 6.07) is 0. The maximum Gasteiger partial charge on any atom is 0.303 e. The Hall–Kier alpha value is -1.42. The van der Waals surface area contributed by atoms with Crippen molar-refractivity contribution in [1.29, 1.82) is 0 Å². The first-order valence-corrected chi connectivity index (χ1v) is 9.28. The van der Waals surface area contributed by atoms with E-state index in [0.29, 0.717) is 25.0 Å². The Morgan fingerprint density at radius 2 is 2.08 bits per heavy atom. The van der Waals surface area contributed by atoms with Crippen molar-refractivity contribution in [2.75, 3.05) is 0 Å². The molecule has 1 saturated carbocycles. The van der Waals surface area contributed by atoms with Crippen molar-refractivity contribution in [1.82, 2.24) is 0 Å². The van der Waals surface area contributed by atoms with Gasteiger partial charge >= 0.3 is 5.97 Å². The quantitative estimate of drug-likeness (QED) is 0.412. The normalized spacial score (nSPS) is 22.7. The Kier molecular flexibility index (Phi) is 10.3. The summed E-state index contributed by atoms with van der Waals surface area (Å²) in [4.78, 5) is 22.5. The zero-order chi connectivity index (χ0) is 17.8. The van der Waals surface area contributed by atoms with E-state index in [9.17, 15) is 14.7 Å². The first-order chi connectivity index (χ1) is 11.5. The number of carboxylic acid groups (broad SMARTS) is 1. The van der Waals surface area contributed by atoms with Crippen molar-refractivity contribution in [2.24, 2.45) is 11.8 Å². The predicted octanol–water partition coefficient (Wildman–Crippen LogP) is 4.28. The molecular weight excluding hydrogens is 304 g/mol. The van der Waals surface area contributed by atoms with Crippen molar-refractivity contribution in [3.63, 3.8) is 0 Å². The first-order valence-electron chi connectivity index (χ1n) is 9.28. The van der Waals surface area contributed by atoms with Gasteiger partial charge in [-0.2, -0.15) is 0 Å². The molecule has 0 aromatic rings. The van der Waals surface area contributed by atoms with E-state index in [1.807, 2.05) is 18.2 Å². The van der Waals surface area contributed by atoms with Gasteiger partial charge in [0.05, 0.1) is 6.10 Å². The number of aliphatic hydroxyl groups is 1. The van der Waals surface area contributed by atoms with E-state index >= 15 is 0 Å². The SMILES string of the molecule is CCCCC(O)C/C=C/[C@H]1CCC(=O)[C@@H]1C/C=C\CCCC(=O)O. The summed E-state index contributed by atoms with van der Waals surface area (Å²) in [6.07, 6.45) is 15.4. The number of ketones is 1. The van der Waals surface area contributed by atoms with Crippen LogP contribution in [-0.2, 0) is 9.59 Å². The highest BCUT2D eigenvalue weighted by Crippen LogP contribution is 2.33. The van der Waals surface area contributed by atoms with Gasteiger partial charge in [0.2, 0.25) is 0 Å². The molecule has 0 heterocycles. The number of unbranched alkanes of at least 4 members (excludes halogenated alkanes) is 2. The van der Waals surface area contributed by atoms with Crippen LogP contribution in [0.1, 0.15) is 71.1 Å². The van der Waals surface area contributed by atoms with Gasteiger partial charge in [-0.1, -0.05) is 44.1 Å². The highest BCUT2D eigenvalue weighted by Gasteiger charge is 2.31. The molecule has 0 aromatic carbocycles. The van der Waals surface area contributed by atoms with Crippen LogP contribution in [0.2, 0.25) is 0 Å². The number of Topliss-reactive ketones (excluding diaryl/α,β-unsaturated/α-hetero) is 1. The number of carbonyl (C=O) groups excluding carboxylic acids is 1. The van der Waals surface area contributed by atoms with Crippen LogP contribution < -0.4 is 0 Å². The molecule has 4 heteroatoms. The summed E-state index contributed by atoms with van der Waals surface area (Å²) in [6.45, 7) is 2.12. The Bertz CT molecular complexity index is 439. The minimum absolute atomic E-state index is 0.0461. The van der Waals surface area contributed by atoms with Gasteiger partial charge in [0.15, 0.2) is 0 Å². The summed E-state index contributed by atoms with van der Waals surface area (Å²) in [5.41, 5.74) is 0. The Morgan fingerprint density at radius 3 is 2.79 bits per heavy atom. The van der Waals surface area contributed by atoms with E-state index in [0.717, 1.165) is 38.5 Å². The molecule has 2 N–H and O–H groups in total. The zero-order valence-corrected chi connectivity index (χ0v) is 14.8. The molecule has 0 aliphatic heterocycles. The lowest BCUT2D eigenvalue weighted by Crippen LogP contribution is -2.12. The molecule has 1 fully saturated rings. The fraction of sp³-hybridized carbons (Fsp3) is 0.700. The summed E-state index contributed by atoms with van der Waals surface area (Å²) < 4.78 is 0. The predicted molar refractivity (Wildman–Crippen MR) is 95.8 cm³/mol. The summed E-state index contributed by atoms with van der Waals surface area (Å²) in [5.74, 6) is -0.114. The highest BCUT2D eigenvalue weighted by molar-refractivity contribution is 5.83. The number of hydrogen-bond donors (Lipinski definition) is 2. The van der Waals surface area contributed by atoms with Crippen LogP contribution in [0.5, 0.6) is 0 Å². The van der Waals surface area contributed by atoms with E-state index in [1.54, 1.807) is 0 Å². The maximum absolute atomic E-state index is 12.0. The highest BCUT2D eigenvalue weighted by atomic mass is 16.4. The lowest BCUT2D eigenvalue weighted by atomic mass is 9.91. The molecule has 0 radical (unpaired) electrons. The van der Waals surface area contributed by atoms with Crippen LogP contribution in [-0.4, -0.2) is 28.1 Å². The second kappa shape index (κ2) is 12.0. The third-order valence-corrected chi connectivity index (χ3v) is 4.65. The molecule has 136 valence electrons. The van der Waals surface area contributed by atoms with Crippen LogP contribution in [0.3, 0.4) is 0 Å². The van der Waals surface area contributed by atoms with E-state index in [1.165, 1.54) is 0 Å². The summed E-state index contributed by atoms with van der Waals surface area (Å²) >= 11 is 0. The number of aliphatic carboxylic acids is 1. The monoisotopic (exact) mass is 336 g/mol. The second-order valence-corrected chi connectivity index (χ2v) is 6.73. The van der Waals surface area contributed by atoms with Gasteiger partial charge in [-0.25, -0.2) is 0 Å². The van der Waals surface area contributed by atoms with Gasteiger partial charge < -0.3 is 10.2 Å². The zero-order valence-electron chi connectivity index (χ0n) is 14.8. The molecule has 0 amide bonds. The van der Waals surface area contributed by atoms with Gasteiger partial charge in [-0.05, 0) is 44.4 Å². The number of carboxylic acids is 1. The van der Waals surface area contributed by atoms with Crippen LogP contribution in [0.25, 0.3) is 0 Å². The fourth-order valence-corrected chi connectivity index (χ4v) is 3.17. The van der Waals surface area contributed by atoms with E-state index in [-0.39, 0.29) is 24.4 Å². The van der Waals surface area contributed by atoms with Crippen LogP contribution in [0.15, 0.2) is 24.3 Å². The Morgan fingerprint density at radius 1 is 1.29 bits per heavy atom. The van der Waals surface area contributed by atoms with Crippen LogP contribution in [0.4, 0.5) is 0 Å².